The SMILES string of the molecule is NC1CCC(OC2=CCCCC2)CC1. The molecule has 0 heterocycles. The quantitative estimate of drug-likeness (QED) is 0.735. The summed E-state index contributed by atoms with van der Waals surface area (Å²) < 4.78 is 5.99. The summed E-state index contributed by atoms with van der Waals surface area (Å²) in [5, 5.41) is 0. The third-order valence-corrected chi connectivity index (χ3v) is 3.29. The summed E-state index contributed by atoms with van der Waals surface area (Å²) in [7, 11) is 0. The van der Waals surface area contributed by atoms with Crippen molar-refractivity contribution in [3.63, 3.8) is 0 Å². The Bertz CT molecular complexity index is 204. The number of rotatable bonds is 2. The molecule has 2 aliphatic carbocycles. The molecule has 14 heavy (non-hydrogen) atoms. The Morgan fingerprint density at radius 3 is 2.57 bits per heavy atom. The van der Waals surface area contributed by atoms with Gasteiger partial charge in [-0.3, -0.25) is 0 Å². The van der Waals surface area contributed by atoms with E-state index in [2.05, 4.69) is 6.08 Å². The van der Waals surface area contributed by atoms with Crippen LogP contribution in [0.25, 0.3) is 0 Å². The highest BCUT2D eigenvalue weighted by molar-refractivity contribution is 4.97. The first-order chi connectivity index (χ1) is 6.84. The Balaban J connectivity index is 1.77. The van der Waals surface area contributed by atoms with Crippen molar-refractivity contribution in [1.82, 2.24) is 0 Å². The van der Waals surface area contributed by atoms with E-state index >= 15 is 0 Å². The highest BCUT2D eigenvalue weighted by Gasteiger charge is 2.20. The smallest absolute Gasteiger partial charge is 0.0983 e. The zero-order valence-electron chi connectivity index (χ0n) is 8.87. The molecule has 0 bridgehead atoms. The zero-order chi connectivity index (χ0) is 9.80. The Morgan fingerprint density at radius 2 is 1.93 bits per heavy atom. The van der Waals surface area contributed by atoms with Gasteiger partial charge in [-0.1, -0.05) is 0 Å². The lowest BCUT2D eigenvalue weighted by atomic mass is 9.93. The van der Waals surface area contributed by atoms with Crippen molar-refractivity contribution in [1.29, 1.82) is 0 Å². The van der Waals surface area contributed by atoms with Gasteiger partial charge in [0.05, 0.1) is 11.9 Å². The molecule has 1 saturated carbocycles. The average Bonchev–Trinajstić information content (AvgIpc) is 2.23. The summed E-state index contributed by atoms with van der Waals surface area (Å²) in [4.78, 5) is 0. The maximum absolute atomic E-state index is 5.99. The van der Waals surface area contributed by atoms with Gasteiger partial charge < -0.3 is 10.5 Å². The van der Waals surface area contributed by atoms with Crippen molar-refractivity contribution in [2.45, 2.75) is 63.5 Å². The Morgan fingerprint density at radius 1 is 1.14 bits per heavy atom. The first kappa shape index (κ1) is 10.0. The molecule has 2 nitrogen and oxygen atoms in total. The van der Waals surface area contributed by atoms with Gasteiger partial charge in [-0.05, 0) is 51.0 Å². The molecule has 0 radical (unpaired) electrons. The number of allylic oxidation sites excluding steroid dienone is 2. The molecule has 2 aliphatic rings. The fourth-order valence-electron chi connectivity index (χ4n) is 2.34. The maximum atomic E-state index is 5.99. The molecule has 0 amide bonds. The van der Waals surface area contributed by atoms with Gasteiger partial charge in [-0.25, -0.2) is 0 Å². The zero-order valence-corrected chi connectivity index (χ0v) is 8.87. The molecule has 0 spiro atoms. The van der Waals surface area contributed by atoms with Crippen molar-refractivity contribution in [2.24, 2.45) is 5.73 Å². The van der Waals surface area contributed by atoms with Crippen molar-refractivity contribution in [2.75, 3.05) is 0 Å². The summed E-state index contributed by atoms with van der Waals surface area (Å²) in [6, 6.07) is 0.426. The Hall–Kier alpha value is -0.500. The molecule has 0 aromatic heterocycles. The molecular formula is C12H21NO. The van der Waals surface area contributed by atoms with E-state index in [9.17, 15) is 0 Å². The minimum Gasteiger partial charge on any atom is -0.495 e. The fraction of sp³-hybridized carbons (Fsp3) is 0.833. The summed E-state index contributed by atoms with van der Waals surface area (Å²) in [6.07, 6.45) is 12.3. The molecule has 0 atom stereocenters. The molecule has 2 N–H and O–H groups in total. The van der Waals surface area contributed by atoms with Crippen LogP contribution in [-0.4, -0.2) is 12.1 Å². The van der Waals surface area contributed by atoms with Crippen LogP contribution in [-0.2, 0) is 4.74 Å². The third kappa shape index (κ3) is 2.74. The van der Waals surface area contributed by atoms with E-state index in [0.717, 1.165) is 32.1 Å². The molecule has 2 heteroatoms. The Kier molecular flexibility index (Phi) is 3.46. The van der Waals surface area contributed by atoms with Gasteiger partial charge in [0, 0.05) is 12.5 Å². The summed E-state index contributed by atoms with van der Waals surface area (Å²) in [6.45, 7) is 0. The van der Waals surface area contributed by atoms with Gasteiger partial charge in [0.1, 0.15) is 0 Å². The predicted molar refractivity (Wildman–Crippen MR) is 57.9 cm³/mol. The average molecular weight is 195 g/mol. The van der Waals surface area contributed by atoms with Crippen LogP contribution in [0, 0.1) is 0 Å². The van der Waals surface area contributed by atoms with Crippen molar-refractivity contribution in [3.05, 3.63) is 11.8 Å². The van der Waals surface area contributed by atoms with Gasteiger partial charge in [0.2, 0.25) is 0 Å². The van der Waals surface area contributed by atoms with E-state index in [1.807, 2.05) is 0 Å². The second-order valence-electron chi connectivity index (χ2n) is 4.57. The second kappa shape index (κ2) is 4.83. The first-order valence-corrected chi connectivity index (χ1v) is 5.96. The standard InChI is InChI=1S/C12H21NO/c13-10-6-8-12(9-7-10)14-11-4-2-1-3-5-11/h4,10,12H,1-3,5-9,13H2. The molecule has 0 aromatic rings. The number of hydrogen-bond acceptors (Lipinski definition) is 2. The van der Waals surface area contributed by atoms with Crippen LogP contribution in [0.5, 0.6) is 0 Å². The van der Waals surface area contributed by atoms with Crippen LogP contribution in [0.1, 0.15) is 51.4 Å². The topological polar surface area (TPSA) is 35.2 Å². The van der Waals surface area contributed by atoms with Crippen molar-refractivity contribution in [3.8, 4) is 0 Å². The molecule has 0 aliphatic heterocycles. The molecule has 80 valence electrons. The molecule has 2 rings (SSSR count). The summed E-state index contributed by atoms with van der Waals surface area (Å²) in [5.41, 5.74) is 5.86. The van der Waals surface area contributed by atoms with E-state index in [1.54, 1.807) is 0 Å². The van der Waals surface area contributed by atoms with Gasteiger partial charge >= 0.3 is 0 Å². The third-order valence-electron chi connectivity index (χ3n) is 3.29. The lowest BCUT2D eigenvalue weighted by Crippen LogP contribution is -2.30. The largest absolute Gasteiger partial charge is 0.495 e. The minimum absolute atomic E-state index is 0.426. The van der Waals surface area contributed by atoms with E-state index in [1.165, 1.54) is 25.0 Å². The molecular weight excluding hydrogens is 174 g/mol. The van der Waals surface area contributed by atoms with Crippen LogP contribution >= 0.6 is 0 Å². The monoisotopic (exact) mass is 195 g/mol. The molecule has 1 fully saturated rings. The first-order valence-electron chi connectivity index (χ1n) is 5.96. The number of ether oxygens (including phenoxy) is 1. The predicted octanol–water partition coefficient (Wildman–Crippen LogP) is 2.73. The van der Waals surface area contributed by atoms with Crippen LogP contribution in [0.4, 0.5) is 0 Å². The van der Waals surface area contributed by atoms with Crippen LogP contribution in [0.2, 0.25) is 0 Å². The van der Waals surface area contributed by atoms with E-state index < -0.39 is 0 Å². The summed E-state index contributed by atoms with van der Waals surface area (Å²) >= 11 is 0. The van der Waals surface area contributed by atoms with Gasteiger partial charge in [-0.2, -0.15) is 0 Å². The minimum atomic E-state index is 0.426. The summed E-state index contributed by atoms with van der Waals surface area (Å²) in [5.74, 6) is 1.25. The lowest BCUT2D eigenvalue weighted by molar-refractivity contribution is 0.0694. The fourth-order valence-corrected chi connectivity index (χ4v) is 2.34. The molecule has 0 aromatic carbocycles. The number of nitrogens with two attached hydrogens (primary N) is 1. The number of hydrogen-bond donors (Lipinski definition) is 1. The van der Waals surface area contributed by atoms with Crippen LogP contribution in [0.15, 0.2) is 11.8 Å². The molecule has 0 unspecified atom stereocenters. The highest BCUT2D eigenvalue weighted by atomic mass is 16.5. The van der Waals surface area contributed by atoms with Crippen LogP contribution < -0.4 is 5.73 Å². The van der Waals surface area contributed by atoms with Gasteiger partial charge in [0.15, 0.2) is 0 Å². The Labute approximate surface area is 86.5 Å². The van der Waals surface area contributed by atoms with Gasteiger partial charge in [0.25, 0.3) is 0 Å². The van der Waals surface area contributed by atoms with Crippen LogP contribution in [0.3, 0.4) is 0 Å². The molecule has 0 saturated heterocycles. The lowest BCUT2D eigenvalue weighted by Gasteiger charge is -2.28. The maximum Gasteiger partial charge on any atom is 0.0983 e. The normalized spacial score (nSPS) is 33.6. The highest BCUT2D eigenvalue weighted by Crippen LogP contribution is 2.26. The van der Waals surface area contributed by atoms with Crippen molar-refractivity contribution < 1.29 is 4.74 Å². The van der Waals surface area contributed by atoms with E-state index in [0.29, 0.717) is 12.1 Å². The van der Waals surface area contributed by atoms with Crippen molar-refractivity contribution >= 4 is 0 Å². The van der Waals surface area contributed by atoms with Gasteiger partial charge in [-0.15, -0.1) is 0 Å². The van der Waals surface area contributed by atoms with E-state index in [4.69, 9.17) is 10.5 Å². The van der Waals surface area contributed by atoms with E-state index in [-0.39, 0.29) is 0 Å². The second-order valence-corrected chi connectivity index (χ2v) is 4.57.